The van der Waals surface area contributed by atoms with Crippen LogP contribution in [-0.2, 0) is 4.74 Å². The largest absolute Gasteiger partial charge is 0.506 e. The fraction of sp³-hybridized carbons (Fsp3) is 0.250. The standard InChI is InChI=1S/C16H16O6S/c1-8-11(16(20)22-3)13(18)15(23-8)14(19)12(17)9-5-4-6-10(7-9)21-2/h4-7,14,18-19H,1-3H3/t14-/m1/s1. The van der Waals surface area contributed by atoms with Crippen molar-refractivity contribution in [3.63, 3.8) is 0 Å². The Labute approximate surface area is 136 Å². The quantitative estimate of drug-likeness (QED) is 0.643. The Morgan fingerprint density at radius 3 is 2.57 bits per heavy atom. The number of aliphatic hydroxyl groups excluding tert-OH is 1. The average Bonchev–Trinajstić information content (AvgIpc) is 2.87. The van der Waals surface area contributed by atoms with Crippen LogP contribution >= 0.6 is 11.3 Å². The Hall–Kier alpha value is -2.38. The molecule has 0 aliphatic carbocycles. The van der Waals surface area contributed by atoms with Crippen molar-refractivity contribution in [2.75, 3.05) is 14.2 Å². The lowest BCUT2D eigenvalue weighted by molar-refractivity contribution is 0.0595. The Kier molecular flexibility index (Phi) is 5.02. The van der Waals surface area contributed by atoms with Gasteiger partial charge in [-0.15, -0.1) is 11.3 Å². The molecule has 0 spiro atoms. The van der Waals surface area contributed by atoms with Crippen LogP contribution in [-0.4, -0.2) is 36.2 Å². The number of carbonyl (C=O) groups excluding carboxylic acids is 2. The molecule has 0 fully saturated rings. The topological polar surface area (TPSA) is 93.1 Å². The van der Waals surface area contributed by atoms with E-state index in [1.807, 2.05) is 0 Å². The van der Waals surface area contributed by atoms with Gasteiger partial charge in [-0.3, -0.25) is 4.79 Å². The fourth-order valence-electron chi connectivity index (χ4n) is 2.14. The van der Waals surface area contributed by atoms with Gasteiger partial charge in [0, 0.05) is 10.4 Å². The summed E-state index contributed by atoms with van der Waals surface area (Å²) in [7, 11) is 2.66. The maximum Gasteiger partial charge on any atom is 0.342 e. The third-order valence-corrected chi connectivity index (χ3v) is 4.47. The summed E-state index contributed by atoms with van der Waals surface area (Å²) >= 11 is 0.973. The summed E-state index contributed by atoms with van der Waals surface area (Å²) in [6, 6.07) is 6.32. The van der Waals surface area contributed by atoms with Crippen molar-refractivity contribution in [2.24, 2.45) is 0 Å². The molecular formula is C16H16O6S. The molecule has 1 aromatic heterocycles. The number of aliphatic hydroxyl groups is 1. The molecular weight excluding hydrogens is 320 g/mol. The van der Waals surface area contributed by atoms with Gasteiger partial charge < -0.3 is 19.7 Å². The molecule has 0 aliphatic rings. The van der Waals surface area contributed by atoms with Crippen molar-refractivity contribution >= 4 is 23.1 Å². The molecule has 0 unspecified atom stereocenters. The van der Waals surface area contributed by atoms with Crippen molar-refractivity contribution in [3.05, 3.63) is 45.1 Å². The van der Waals surface area contributed by atoms with Crippen LogP contribution in [0.4, 0.5) is 0 Å². The maximum atomic E-state index is 12.4. The average molecular weight is 336 g/mol. The molecule has 2 aromatic rings. The van der Waals surface area contributed by atoms with Gasteiger partial charge in [-0.1, -0.05) is 12.1 Å². The van der Waals surface area contributed by atoms with Crippen molar-refractivity contribution in [1.29, 1.82) is 0 Å². The zero-order valence-electron chi connectivity index (χ0n) is 12.8. The van der Waals surface area contributed by atoms with E-state index in [4.69, 9.17) is 4.74 Å². The van der Waals surface area contributed by atoms with Gasteiger partial charge in [0.2, 0.25) is 0 Å². The number of esters is 1. The number of carbonyl (C=O) groups is 2. The Bertz CT molecular complexity index is 749. The Morgan fingerprint density at radius 1 is 1.26 bits per heavy atom. The van der Waals surface area contributed by atoms with E-state index in [0.29, 0.717) is 10.6 Å². The number of thiophene rings is 1. The van der Waals surface area contributed by atoms with Crippen LogP contribution in [0.25, 0.3) is 0 Å². The highest BCUT2D eigenvalue weighted by atomic mass is 32.1. The molecule has 1 heterocycles. The molecule has 7 heteroatoms. The molecule has 1 aromatic carbocycles. The first-order valence-corrected chi connectivity index (χ1v) is 7.49. The lowest BCUT2D eigenvalue weighted by Crippen LogP contribution is -2.11. The van der Waals surface area contributed by atoms with Gasteiger partial charge in [-0.2, -0.15) is 0 Å². The Morgan fingerprint density at radius 2 is 1.96 bits per heavy atom. The van der Waals surface area contributed by atoms with Gasteiger partial charge in [0.1, 0.15) is 17.1 Å². The van der Waals surface area contributed by atoms with E-state index in [1.165, 1.54) is 26.4 Å². The minimum atomic E-state index is -1.58. The van der Waals surface area contributed by atoms with Crippen LogP contribution in [0.1, 0.15) is 36.6 Å². The monoisotopic (exact) mass is 336 g/mol. The molecule has 2 rings (SSSR count). The van der Waals surface area contributed by atoms with Crippen molar-refractivity contribution in [1.82, 2.24) is 0 Å². The second kappa shape index (κ2) is 6.80. The normalized spacial score (nSPS) is 11.8. The molecule has 0 bridgehead atoms. The summed E-state index contributed by atoms with van der Waals surface area (Å²) in [6.07, 6.45) is -1.58. The summed E-state index contributed by atoms with van der Waals surface area (Å²) in [5, 5.41) is 20.4. The molecule has 0 saturated heterocycles. The smallest absolute Gasteiger partial charge is 0.342 e. The second-order valence-corrected chi connectivity index (χ2v) is 5.99. The number of aromatic hydroxyl groups is 1. The molecule has 0 aliphatic heterocycles. The summed E-state index contributed by atoms with van der Waals surface area (Å²) in [5.74, 6) is -1.27. The summed E-state index contributed by atoms with van der Waals surface area (Å²) in [5.41, 5.74) is 0.201. The van der Waals surface area contributed by atoms with Gasteiger partial charge >= 0.3 is 5.97 Å². The summed E-state index contributed by atoms with van der Waals surface area (Å²) in [6.45, 7) is 1.60. The molecule has 1 atom stereocenters. The third-order valence-electron chi connectivity index (χ3n) is 3.33. The van der Waals surface area contributed by atoms with E-state index in [0.717, 1.165) is 11.3 Å². The molecule has 6 nitrogen and oxygen atoms in total. The maximum absolute atomic E-state index is 12.4. The van der Waals surface area contributed by atoms with Gasteiger partial charge in [0.15, 0.2) is 11.9 Å². The summed E-state index contributed by atoms with van der Waals surface area (Å²) in [4.78, 5) is 24.5. The highest BCUT2D eigenvalue weighted by Crippen LogP contribution is 2.39. The number of ketones is 1. The minimum absolute atomic E-state index is 0.00993. The minimum Gasteiger partial charge on any atom is -0.506 e. The zero-order valence-corrected chi connectivity index (χ0v) is 13.6. The lowest BCUT2D eigenvalue weighted by Gasteiger charge is -2.09. The molecule has 23 heavy (non-hydrogen) atoms. The third kappa shape index (κ3) is 3.20. The van der Waals surface area contributed by atoms with Crippen LogP contribution in [0.15, 0.2) is 24.3 Å². The zero-order chi connectivity index (χ0) is 17.1. The highest BCUT2D eigenvalue weighted by molar-refractivity contribution is 7.12. The van der Waals surface area contributed by atoms with E-state index in [1.54, 1.807) is 19.1 Å². The fourth-order valence-corrected chi connectivity index (χ4v) is 3.16. The van der Waals surface area contributed by atoms with Crippen LogP contribution in [0.5, 0.6) is 11.5 Å². The van der Waals surface area contributed by atoms with Crippen molar-refractivity contribution in [3.8, 4) is 11.5 Å². The molecule has 122 valence electrons. The molecule has 0 radical (unpaired) electrons. The number of rotatable bonds is 5. The van der Waals surface area contributed by atoms with E-state index in [9.17, 15) is 19.8 Å². The van der Waals surface area contributed by atoms with E-state index in [2.05, 4.69) is 4.74 Å². The number of hydrogen-bond acceptors (Lipinski definition) is 7. The van der Waals surface area contributed by atoms with Gasteiger partial charge in [-0.25, -0.2) is 4.79 Å². The SMILES string of the molecule is COC(=O)c1c(C)sc([C@H](O)C(=O)c2cccc(OC)c2)c1O. The van der Waals surface area contributed by atoms with E-state index in [-0.39, 0.29) is 16.0 Å². The number of hydrogen-bond donors (Lipinski definition) is 2. The number of aryl methyl sites for hydroxylation is 1. The first-order chi connectivity index (χ1) is 10.9. The molecule has 0 amide bonds. The number of methoxy groups -OCH3 is 2. The second-order valence-electron chi connectivity index (χ2n) is 4.74. The van der Waals surface area contributed by atoms with Gasteiger partial charge in [0.25, 0.3) is 0 Å². The van der Waals surface area contributed by atoms with E-state index < -0.39 is 23.6 Å². The number of benzene rings is 1. The Balaban J connectivity index is 2.38. The highest BCUT2D eigenvalue weighted by Gasteiger charge is 2.30. The van der Waals surface area contributed by atoms with E-state index >= 15 is 0 Å². The van der Waals surface area contributed by atoms with Crippen molar-refractivity contribution in [2.45, 2.75) is 13.0 Å². The van der Waals surface area contributed by atoms with Gasteiger partial charge in [0.05, 0.1) is 19.1 Å². The van der Waals surface area contributed by atoms with Gasteiger partial charge in [-0.05, 0) is 19.1 Å². The predicted molar refractivity (Wildman–Crippen MR) is 84.3 cm³/mol. The molecule has 2 N–H and O–H groups in total. The summed E-state index contributed by atoms with van der Waals surface area (Å²) < 4.78 is 9.63. The predicted octanol–water partition coefficient (Wildman–Crippen LogP) is 2.47. The first kappa shape index (κ1) is 17.0. The first-order valence-electron chi connectivity index (χ1n) is 6.67. The van der Waals surface area contributed by atoms with Crippen LogP contribution in [0.2, 0.25) is 0 Å². The lowest BCUT2D eigenvalue weighted by atomic mass is 10.0. The number of ether oxygens (including phenoxy) is 2. The molecule has 0 saturated carbocycles. The van der Waals surface area contributed by atoms with Crippen LogP contribution in [0, 0.1) is 6.92 Å². The number of Topliss-reactive ketones (excluding diaryl/α,β-unsaturated/α-hetero) is 1. The van der Waals surface area contributed by atoms with Crippen LogP contribution in [0.3, 0.4) is 0 Å². The van der Waals surface area contributed by atoms with Crippen LogP contribution < -0.4 is 4.74 Å². The van der Waals surface area contributed by atoms with Crippen molar-refractivity contribution < 1.29 is 29.3 Å².